The first-order valence-corrected chi connectivity index (χ1v) is 7.30. The Kier molecular flexibility index (Phi) is 3.61. The predicted octanol–water partition coefficient (Wildman–Crippen LogP) is 1.44. The largest absolute Gasteiger partial charge is 0.368 e. The SMILES string of the molecule is Cc1cc(S(=O)(=O)Nc2n[nH]c(N)n2)c(S)cc1Cl. The molecule has 0 unspecified atom stereocenters. The summed E-state index contributed by atoms with van der Waals surface area (Å²) >= 11 is 9.99. The lowest BCUT2D eigenvalue weighted by Crippen LogP contribution is -2.15. The van der Waals surface area contributed by atoms with Gasteiger partial charge in [0.05, 0.1) is 0 Å². The lowest BCUT2D eigenvalue weighted by molar-refractivity contribution is 0.599. The minimum absolute atomic E-state index is 0.0103. The van der Waals surface area contributed by atoms with Crippen LogP contribution in [-0.4, -0.2) is 23.6 Å². The molecule has 0 fully saturated rings. The number of aryl methyl sites for hydroxylation is 1. The first-order valence-electron chi connectivity index (χ1n) is 4.99. The fraction of sp³-hybridized carbons (Fsp3) is 0.111. The van der Waals surface area contributed by atoms with Crippen LogP contribution in [-0.2, 0) is 10.0 Å². The van der Waals surface area contributed by atoms with Gasteiger partial charge in [-0.15, -0.1) is 17.7 Å². The van der Waals surface area contributed by atoms with E-state index >= 15 is 0 Å². The monoisotopic (exact) mass is 319 g/mol. The van der Waals surface area contributed by atoms with Gasteiger partial charge < -0.3 is 5.73 Å². The molecule has 0 atom stereocenters. The molecule has 0 saturated carbocycles. The molecule has 0 amide bonds. The maximum Gasteiger partial charge on any atom is 0.265 e. The van der Waals surface area contributed by atoms with Crippen molar-refractivity contribution in [3.63, 3.8) is 0 Å². The topological polar surface area (TPSA) is 114 Å². The summed E-state index contributed by atoms with van der Waals surface area (Å²) < 4.78 is 26.5. The van der Waals surface area contributed by atoms with Crippen LogP contribution < -0.4 is 10.5 Å². The highest BCUT2D eigenvalue weighted by Gasteiger charge is 2.20. The van der Waals surface area contributed by atoms with E-state index in [0.717, 1.165) is 0 Å². The summed E-state index contributed by atoms with van der Waals surface area (Å²) in [6.45, 7) is 1.69. The predicted molar refractivity (Wildman–Crippen MR) is 75.0 cm³/mol. The Balaban J connectivity index is 2.42. The van der Waals surface area contributed by atoms with Crippen molar-refractivity contribution in [2.24, 2.45) is 0 Å². The van der Waals surface area contributed by atoms with Gasteiger partial charge in [0.2, 0.25) is 5.95 Å². The third kappa shape index (κ3) is 2.94. The number of hydrogen-bond acceptors (Lipinski definition) is 6. The number of anilines is 2. The fourth-order valence-corrected chi connectivity index (χ4v) is 3.26. The van der Waals surface area contributed by atoms with Crippen LogP contribution in [0.1, 0.15) is 5.56 Å². The van der Waals surface area contributed by atoms with Gasteiger partial charge in [0.15, 0.2) is 0 Å². The smallest absolute Gasteiger partial charge is 0.265 e. The lowest BCUT2D eigenvalue weighted by atomic mass is 10.2. The number of nitrogens with two attached hydrogens (primary N) is 1. The van der Waals surface area contributed by atoms with Crippen molar-refractivity contribution in [1.29, 1.82) is 0 Å². The molecule has 0 aliphatic heterocycles. The maximum absolute atomic E-state index is 12.2. The van der Waals surface area contributed by atoms with E-state index in [9.17, 15) is 8.42 Å². The molecular weight excluding hydrogens is 310 g/mol. The lowest BCUT2D eigenvalue weighted by Gasteiger charge is -2.09. The van der Waals surface area contributed by atoms with Crippen molar-refractivity contribution in [3.05, 3.63) is 22.7 Å². The average molecular weight is 320 g/mol. The molecule has 0 aliphatic rings. The number of halogens is 1. The number of aromatic amines is 1. The minimum Gasteiger partial charge on any atom is -0.368 e. The summed E-state index contributed by atoms with van der Waals surface area (Å²) in [6.07, 6.45) is 0. The molecule has 10 heteroatoms. The highest BCUT2D eigenvalue weighted by molar-refractivity contribution is 7.93. The van der Waals surface area contributed by atoms with Crippen LogP contribution in [0.4, 0.5) is 11.9 Å². The molecular formula is C9H10ClN5O2S2. The van der Waals surface area contributed by atoms with Crippen molar-refractivity contribution in [3.8, 4) is 0 Å². The molecule has 0 saturated heterocycles. The van der Waals surface area contributed by atoms with E-state index in [1.165, 1.54) is 12.1 Å². The Labute approximate surface area is 120 Å². The molecule has 1 aromatic carbocycles. The summed E-state index contributed by atoms with van der Waals surface area (Å²) in [7, 11) is -3.86. The van der Waals surface area contributed by atoms with Crippen LogP contribution in [0.5, 0.6) is 0 Å². The third-order valence-electron chi connectivity index (χ3n) is 2.26. The molecule has 1 heterocycles. The average Bonchev–Trinajstić information content (AvgIpc) is 2.68. The zero-order valence-electron chi connectivity index (χ0n) is 9.68. The minimum atomic E-state index is -3.86. The van der Waals surface area contributed by atoms with E-state index in [1.807, 2.05) is 0 Å². The summed E-state index contributed by atoms with van der Waals surface area (Å²) in [5, 5.41) is 6.36. The van der Waals surface area contributed by atoms with Crippen LogP contribution in [0.3, 0.4) is 0 Å². The van der Waals surface area contributed by atoms with Crippen molar-refractivity contribution in [1.82, 2.24) is 15.2 Å². The number of nitrogens with zero attached hydrogens (tertiary/aromatic N) is 2. The molecule has 0 radical (unpaired) electrons. The number of benzene rings is 1. The van der Waals surface area contributed by atoms with Gasteiger partial charge in [-0.2, -0.15) is 4.98 Å². The highest BCUT2D eigenvalue weighted by atomic mass is 35.5. The quantitative estimate of drug-likeness (QED) is 0.639. The molecule has 2 aromatic rings. The number of H-pyrrole nitrogens is 1. The Morgan fingerprint density at radius 1 is 1.47 bits per heavy atom. The molecule has 7 nitrogen and oxygen atoms in total. The second kappa shape index (κ2) is 4.91. The van der Waals surface area contributed by atoms with Gasteiger partial charge in [-0.1, -0.05) is 11.6 Å². The van der Waals surface area contributed by atoms with Crippen molar-refractivity contribution >= 4 is 46.1 Å². The Bertz CT molecular complexity index is 728. The number of aromatic nitrogens is 3. The summed E-state index contributed by atoms with van der Waals surface area (Å²) in [6, 6.07) is 2.88. The Morgan fingerprint density at radius 2 is 2.16 bits per heavy atom. The molecule has 0 spiro atoms. The van der Waals surface area contributed by atoms with Gasteiger partial charge in [-0.05, 0) is 24.6 Å². The van der Waals surface area contributed by atoms with E-state index < -0.39 is 10.0 Å². The molecule has 0 bridgehead atoms. The number of nitrogens with one attached hydrogen (secondary N) is 2. The first-order chi connectivity index (χ1) is 8.79. The second-order valence-electron chi connectivity index (χ2n) is 3.72. The Morgan fingerprint density at radius 3 is 2.74 bits per heavy atom. The number of nitrogen functional groups attached to an aromatic ring is 1. The van der Waals surface area contributed by atoms with E-state index in [0.29, 0.717) is 10.6 Å². The van der Waals surface area contributed by atoms with Gasteiger partial charge >= 0.3 is 0 Å². The third-order valence-corrected chi connectivity index (χ3v) is 4.55. The summed E-state index contributed by atoms with van der Waals surface area (Å²) in [5.74, 6) is -0.131. The van der Waals surface area contributed by atoms with Crippen LogP contribution in [0, 0.1) is 6.92 Å². The second-order valence-corrected chi connectivity index (χ2v) is 6.26. The van der Waals surface area contributed by atoms with Crippen molar-refractivity contribution in [2.75, 3.05) is 10.5 Å². The molecule has 2 rings (SSSR count). The zero-order valence-corrected chi connectivity index (χ0v) is 12.1. The van der Waals surface area contributed by atoms with Gasteiger partial charge in [-0.25, -0.2) is 18.2 Å². The van der Waals surface area contributed by atoms with Gasteiger partial charge in [0, 0.05) is 9.92 Å². The van der Waals surface area contributed by atoms with Crippen molar-refractivity contribution < 1.29 is 8.42 Å². The van der Waals surface area contributed by atoms with Crippen molar-refractivity contribution in [2.45, 2.75) is 16.7 Å². The van der Waals surface area contributed by atoms with Gasteiger partial charge in [0.25, 0.3) is 16.0 Å². The molecule has 4 N–H and O–H groups in total. The summed E-state index contributed by atoms with van der Waals surface area (Å²) in [5.41, 5.74) is 5.93. The molecule has 19 heavy (non-hydrogen) atoms. The standard InChI is InChI=1S/C9H10ClN5O2S2/c1-4-2-7(6(18)3-5(4)10)19(16,17)15-9-12-8(11)13-14-9/h2-3,18H,1H3,(H4,11,12,13,14,15). The molecule has 0 aliphatic carbocycles. The number of thiol groups is 1. The maximum atomic E-state index is 12.2. The van der Waals surface area contributed by atoms with Crippen LogP contribution >= 0.6 is 24.2 Å². The van der Waals surface area contributed by atoms with E-state index in [2.05, 4.69) is 32.5 Å². The normalized spacial score (nSPS) is 11.5. The molecule has 102 valence electrons. The number of hydrogen-bond donors (Lipinski definition) is 4. The molecule has 1 aromatic heterocycles. The van der Waals surface area contributed by atoms with E-state index in [4.69, 9.17) is 17.3 Å². The number of rotatable bonds is 3. The van der Waals surface area contributed by atoms with Gasteiger partial charge in [-0.3, -0.25) is 0 Å². The first kappa shape index (κ1) is 14.0. The Hall–Kier alpha value is -1.45. The number of sulfonamides is 1. The van der Waals surface area contributed by atoms with Crippen LogP contribution in [0.2, 0.25) is 5.02 Å². The van der Waals surface area contributed by atoms with E-state index in [-0.39, 0.29) is 21.7 Å². The van der Waals surface area contributed by atoms with Gasteiger partial charge in [0.1, 0.15) is 4.90 Å². The van der Waals surface area contributed by atoms with Crippen LogP contribution in [0.15, 0.2) is 21.9 Å². The summed E-state index contributed by atoms with van der Waals surface area (Å²) in [4.78, 5) is 3.88. The highest BCUT2D eigenvalue weighted by Crippen LogP contribution is 2.27. The van der Waals surface area contributed by atoms with E-state index in [1.54, 1.807) is 6.92 Å². The van der Waals surface area contributed by atoms with Crippen LogP contribution in [0.25, 0.3) is 0 Å². The fourth-order valence-electron chi connectivity index (χ4n) is 1.35. The zero-order chi connectivity index (χ0) is 14.2.